The smallest absolute Gasteiger partial charge is 0.255 e. The minimum absolute atomic E-state index is 0.0217. The van der Waals surface area contributed by atoms with Gasteiger partial charge >= 0.3 is 0 Å². The predicted octanol–water partition coefficient (Wildman–Crippen LogP) is 4.36. The van der Waals surface area contributed by atoms with E-state index in [0.29, 0.717) is 17.9 Å². The third-order valence-corrected chi connectivity index (χ3v) is 3.52. The highest BCUT2D eigenvalue weighted by Gasteiger charge is 2.17. The minimum Gasteiger partial charge on any atom is -0.493 e. The molecule has 2 aromatic rings. The van der Waals surface area contributed by atoms with Crippen LogP contribution in [-0.2, 0) is 0 Å². The van der Waals surface area contributed by atoms with Crippen LogP contribution in [0.1, 0.15) is 48.7 Å². The van der Waals surface area contributed by atoms with Crippen LogP contribution in [0.2, 0.25) is 0 Å². The topological polar surface area (TPSA) is 38.3 Å². The molecule has 0 heterocycles. The summed E-state index contributed by atoms with van der Waals surface area (Å²) in [4.78, 5) is 12.6. The van der Waals surface area contributed by atoms with Crippen molar-refractivity contribution >= 4 is 5.91 Å². The second-order valence-corrected chi connectivity index (χ2v) is 5.15. The first-order valence-corrected chi connectivity index (χ1v) is 7.83. The monoisotopic (exact) mass is 297 g/mol. The highest BCUT2D eigenvalue weighted by Crippen LogP contribution is 2.22. The second kappa shape index (κ2) is 8.23. The average Bonchev–Trinajstić information content (AvgIpc) is 2.56. The van der Waals surface area contributed by atoms with Gasteiger partial charge in [-0.2, -0.15) is 0 Å². The molecule has 22 heavy (non-hydrogen) atoms. The Morgan fingerprint density at radius 2 is 1.73 bits per heavy atom. The summed E-state index contributed by atoms with van der Waals surface area (Å²) >= 11 is 0. The molecule has 0 aromatic heterocycles. The van der Waals surface area contributed by atoms with Crippen molar-refractivity contribution in [1.82, 2.24) is 5.32 Å². The van der Waals surface area contributed by atoms with Crippen LogP contribution in [-0.4, -0.2) is 12.5 Å². The Balaban J connectivity index is 2.18. The summed E-state index contributed by atoms with van der Waals surface area (Å²) in [6.07, 6.45) is 1.92. The lowest BCUT2D eigenvalue weighted by atomic mass is 10.0. The number of carbonyl (C=O) groups excluding carboxylic acids is 1. The summed E-state index contributed by atoms with van der Waals surface area (Å²) in [5.74, 6) is 0.539. The first kappa shape index (κ1) is 16.1. The number of hydrogen-bond acceptors (Lipinski definition) is 2. The third-order valence-electron chi connectivity index (χ3n) is 3.52. The summed E-state index contributed by atoms with van der Waals surface area (Å²) in [7, 11) is 0. The maximum Gasteiger partial charge on any atom is 0.255 e. The Labute approximate surface area is 132 Å². The molecule has 0 aliphatic heterocycles. The normalized spacial score (nSPS) is 11.7. The Hall–Kier alpha value is -2.29. The van der Waals surface area contributed by atoms with E-state index in [-0.39, 0.29) is 11.9 Å². The van der Waals surface area contributed by atoms with Crippen molar-refractivity contribution in [3.8, 4) is 5.75 Å². The van der Waals surface area contributed by atoms with Crippen molar-refractivity contribution in [3.63, 3.8) is 0 Å². The highest BCUT2D eigenvalue weighted by atomic mass is 16.5. The summed E-state index contributed by atoms with van der Waals surface area (Å²) in [5.41, 5.74) is 1.72. The third kappa shape index (κ3) is 4.10. The van der Waals surface area contributed by atoms with E-state index in [2.05, 4.69) is 24.4 Å². The summed E-state index contributed by atoms with van der Waals surface area (Å²) in [6, 6.07) is 17.5. The number of ether oxygens (including phenoxy) is 1. The van der Waals surface area contributed by atoms with E-state index in [1.165, 1.54) is 0 Å². The fraction of sp³-hybridized carbons (Fsp3) is 0.316. The van der Waals surface area contributed by atoms with Gasteiger partial charge in [0, 0.05) is 0 Å². The van der Waals surface area contributed by atoms with Gasteiger partial charge in [0.25, 0.3) is 5.91 Å². The van der Waals surface area contributed by atoms with Crippen LogP contribution in [0.3, 0.4) is 0 Å². The number of amides is 1. The molecule has 116 valence electrons. The minimum atomic E-state index is -0.0913. The quantitative estimate of drug-likeness (QED) is 0.824. The van der Waals surface area contributed by atoms with Gasteiger partial charge in [-0.05, 0) is 31.0 Å². The standard InChI is InChI=1S/C19H23NO2/c1-3-10-17(15-11-6-5-7-12-15)20-19(21)16-13-8-9-14-18(16)22-4-2/h5-9,11-14,17H,3-4,10H2,1-2H3,(H,20,21)/t17-/m1/s1. The summed E-state index contributed by atoms with van der Waals surface area (Å²) in [5, 5.41) is 3.13. The SMILES string of the molecule is CCC[C@@H](NC(=O)c1ccccc1OCC)c1ccccc1. The fourth-order valence-corrected chi connectivity index (χ4v) is 2.47. The van der Waals surface area contributed by atoms with Crippen LogP contribution < -0.4 is 10.1 Å². The van der Waals surface area contributed by atoms with Gasteiger partial charge in [0.05, 0.1) is 18.2 Å². The lowest BCUT2D eigenvalue weighted by molar-refractivity contribution is 0.0930. The summed E-state index contributed by atoms with van der Waals surface area (Å²) < 4.78 is 5.54. The number of nitrogens with one attached hydrogen (secondary N) is 1. The van der Waals surface area contributed by atoms with Crippen LogP contribution in [0.25, 0.3) is 0 Å². The zero-order chi connectivity index (χ0) is 15.8. The molecule has 2 aromatic carbocycles. The molecule has 0 saturated carbocycles. The van der Waals surface area contributed by atoms with Crippen LogP contribution in [0.5, 0.6) is 5.75 Å². The Morgan fingerprint density at radius 3 is 2.41 bits per heavy atom. The number of rotatable bonds is 7. The number of para-hydroxylation sites is 1. The van der Waals surface area contributed by atoms with Gasteiger partial charge in [-0.25, -0.2) is 0 Å². The Bertz CT molecular complexity index is 595. The predicted molar refractivity (Wildman–Crippen MR) is 89.2 cm³/mol. The van der Waals surface area contributed by atoms with Gasteiger partial charge in [-0.15, -0.1) is 0 Å². The first-order valence-electron chi connectivity index (χ1n) is 7.83. The van der Waals surface area contributed by atoms with Crippen molar-refractivity contribution in [2.75, 3.05) is 6.61 Å². The van der Waals surface area contributed by atoms with Gasteiger partial charge in [-0.1, -0.05) is 55.8 Å². The molecule has 2 rings (SSSR count). The maximum absolute atomic E-state index is 12.6. The Morgan fingerprint density at radius 1 is 1.05 bits per heavy atom. The Kier molecular flexibility index (Phi) is 6.01. The van der Waals surface area contributed by atoms with E-state index in [1.54, 1.807) is 6.07 Å². The van der Waals surface area contributed by atoms with E-state index in [0.717, 1.165) is 18.4 Å². The molecule has 3 nitrogen and oxygen atoms in total. The van der Waals surface area contributed by atoms with Crippen molar-refractivity contribution in [2.24, 2.45) is 0 Å². The molecular formula is C19H23NO2. The molecule has 3 heteroatoms. The highest BCUT2D eigenvalue weighted by molar-refractivity contribution is 5.97. The van der Waals surface area contributed by atoms with E-state index in [1.807, 2.05) is 43.3 Å². The lowest BCUT2D eigenvalue weighted by Gasteiger charge is -2.19. The molecule has 0 fully saturated rings. The van der Waals surface area contributed by atoms with Crippen LogP contribution in [0.15, 0.2) is 54.6 Å². The largest absolute Gasteiger partial charge is 0.493 e. The molecular weight excluding hydrogens is 274 g/mol. The average molecular weight is 297 g/mol. The first-order chi connectivity index (χ1) is 10.8. The second-order valence-electron chi connectivity index (χ2n) is 5.15. The molecule has 0 saturated heterocycles. The lowest BCUT2D eigenvalue weighted by Crippen LogP contribution is -2.28. The number of benzene rings is 2. The van der Waals surface area contributed by atoms with Crippen molar-refractivity contribution in [1.29, 1.82) is 0 Å². The van der Waals surface area contributed by atoms with Crippen molar-refractivity contribution < 1.29 is 9.53 Å². The van der Waals surface area contributed by atoms with E-state index in [9.17, 15) is 4.79 Å². The van der Waals surface area contributed by atoms with Crippen molar-refractivity contribution in [2.45, 2.75) is 32.7 Å². The van der Waals surface area contributed by atoms with Gasteiger partial charge in [-0.3, -0.25) is 4.79 Å². The van der Waals surface area contributed by atoms with Crippen molar-refractivity contribution in [3.05, 3.63) is 65.7 Å². The molecule has 1 atom stereocenters. The molecule has 0 unspecified atom stereocenters. The number of carbonyl (C=O) groups is 1. The number of hydrogen-bond donors (Lipinski definition) is 1. The van der Waals surface area contributed by atoms with Crippen LogP contribution >= 0.6 is 0 Å². The van der Waals surface area contributed by atoms with Crippen LogP contribution in [0.4, 0.5) is 0 Å². The molecule has 0 radical (unpaired) electrons. The zero-order valence-corrected chi connectivity index (χ0v) is 13.2. The molecule has 0 aliphatic rings. The summed E-state index contributed by atoms with van der Waals surface area (Å²) in [6.45, 7) is 4.58. The molecule has 0 aliphatic carbocycles. The van der Waals surface area contributed by atoms with Gasteiger partial charge in [0.2, 0.25) is 0 Å². The van der Waals surface area contributed by atoms with E-state index >= 15 is 0 Å². The molecule has 1 N–H and O–H groups in total. The van der Waals surface area contributed by atoms with Crippen LogP contribution in [0, 0.1) is 0 Å². The van der Waals surface area contributed by atoms with E-state index in [4.69, 9.17) is 4.74 Å². The van der Waals surface area contributed by atoms with Gasteiger partial charge < -0.3 is 10.1 Å². The molecule has 1 amide bonds. The zero-order valence-electron chi connectivity index (χ0n) is 13.2. The maximum atomic E-state index is 12.6. The molecule has 0 bridgehead atoms. The van der Waals surface area contributed by atoms with Gasteiger partial charge in [0.1, 0.15) is 5.75 Å². The van der Waals surface area contributed by atoms with Gasteiger partial charge in [0.15, 0.2) is 0 Å². The van der Waals surface area contributed by atoms with E-state index < -0.39 is 0 Å². The fourth-order valence-electron chi connectivity index (χ4n) is 2.47. The molecule has 0 spiro atoms.